The van der Waals surface area contributed by atoms with Crippen LogP contribution in [0.4, 0.5) is 0 Å². The zero-order valence-corrected chi connectivity index (χ0v) is 12.7. The van der Waals surface area contributed by atoms with Gasteiger partial charge in [0.25, 0.3) is 5.91 Å². The standard InChI is InChI=1S/C12H18BrNO2S/c1-8(2)5-12(3,16)7-14-11(15)9-4-10(13)17-6-9/h4,6,8,16H,5,7H2,1-3H3,(H,14,15). The highest BCUT2D eigenvalue weighted by Gasteiger charge is 2.22. The van der Waals surface area contributed by atoms with Gasteiger partial charge in [0, 0.05) is 11.9 Å². The second kappa shape index (κ2) is 5.98. The largest absolute Gasteiger partial charge is 0.388 e. The summed E-state index contributed by atoms with van der Waals surface area (Å²) >= 11 is 4.78. The molecule has 2 N–H and O–H groups in total. The molecule has 0 bridgehead atoms. The van der Waals surface area contributed by atoms with Gasteiger partial charge < -0.3 is 10.4 Å². The van der Waals surface area contributed by atoms with E-state index < -0.39 is 5.60 Å². The maximum Gasteiger partial charge on any atom is 0.252 e. The van der Waals surface area contributed by atoms with Crippen molar-refractivity contribution in [2.24, 2.45) is 5.92 Å². The van der Waals surface area contributed by atoms with E-state index in [1.165, 1.54) is 11.3 Å². The summed E-state index contributed by atoms with van der Waals surface area (Å²) in [5.74, 6) is 0.258. The predicted molar refractivity (Wildman–Crippen MR) is 74.4 cm³/mol. The van der Waals surface area contributed by atoms with Crippen molar-refractivity contribution in [1.29, 1.82) is 0 Å². The Bertz CT molecular complexity index is 388. The van der Waals surface area contributed by atoms with Crippen LogP contribution in [0.5, 0.6) is 0 Å². The average molecular weight is 320 g/mol. The summed E-state index contributed by atoms with van der Waals surface area (Å²) in [5, 5.41) is 14.6. The lowest BCUT2D eigenvalue weighted by molar-refractivity contribution is 0.0368. The SMILES string of the molecule is CC(C)CC(C)(O)CNC(=O)c1csc(Br)c1. The number of hydrogen-bond acceptors (Lipinski definition) is 3. The first-order valence-corrected chi connectivity index (χ1v) is 7.22. The van der Waals surface area contributed by atoms with E-state index in [9.17, 15) is 9.90 Å². The topological polar surface area (TPSA) is 49.3 Å². The van der Waals surface area contributed by atoms with Crippen LogP contribution < -0.4 is 5.32 Å². The van der Waals surface area contributed by atoms with E-state index in [-0.39, 0.29) is 12.5 Å². The van der Waals surface area contributed by atoms with Gasteiger partial charge in [-0.2, -0.15) is 0 Å². The number of carbonyl (C=O) groups excluding carboxylic acids is 1. The predicted octanol–water partition coefficient (Wildman–Crippen LogP) is 3.04. The van der Waals surface area contributed by atoms with Gasteiger partial charge in [-0.15, -0.1) is 11.3 Å². The molecule has 0 radical (unpaired) electrons. The minimum Gasteiger partial charge on any atom is -0.388 e. The lowest BCUT2D eigenvalue weighted by Crippen LogP contribution is -2.41. The Hall–Kier alpha value is -0.390. The number of thiophene rings is 1. The van der Waals surface area contributed by atoms with Crippen LogP contribution in [0.15, 0.2) is 15.2 Å². The fourth-order valence-electron chi connectivity index (χ4n) is 1.75. The second-order valence-electron chi connectivity index (χ2n) is 4.92. The number of halogens is 1. The van der Waals surface area contributed by atoms with Gasteiger partial charge in [0.2, 0.25) is 0 Å². The van der Waals surface area contributed by atoms with Gasteiger partial charge in [0.05, 0.1) is 15.0 Å². The molecule has 3 nitrogen and oxygen atoms in total. The molecule has 0 fully saturated rings. The van der Waals surface area contributed by atoms with Gasteiger partial charge >= 0.3 is 0 Å². The van der Waals surface area contributed by atoms with Crippen LogP contribution in [0.25, 0.3) is 0 Å². The first kappa shape index (κ1) is 14.7. The van der Waals surface area contributed by atoms with Crippen LogP contribution in [0, 0.1) is 5.92 Å². The molecule has 17 heavy (non-hydrogen) atoms. The van der Waals surface area contributed by atoms with Crippen molar-refractivity contribution in [3.8, 4) is 0 Å². The number of hydrogen-bond donors (Lipinski definition) is 2. The molecule has 0 aliphatic rings. The molecule has 0 saturated heterocycles. The molecule has 5 heteroatoms. The molecule has 0 spiro atoms. The highest BCUT2D eigenvalue weighted by molar-refractivity contribution is 9.11. The smallest absolute Gasteiger partial charge is 0.252 e. The Balaban J connectivity index is 2.48. The molecule has 0 aliphatic heterocycles. The van der Waals surface area contributed by atoms with Gasteiger partial charge in [-0.05, 0) is 41.3 Å². The van der Waals surface area contributed by atoms with Gasteiger partial charge in [-0.3, -0.25) is 4.79 Å². The fraction of sp³-hybridized carbons (Fsp3) is 0.583. The van der Waals surface area contributed by atoms with Crippen molar-refractivity contribution in [1.82, 2.24) is 5.32 Å². The molecule has 96 valence electrons. The van der Waals surface area contributed by atoms with Gasteiger partial charge in [-0.25, -0.2) is 0 Å². The maximum atomic E-state index is 11.8. The van der Waals surface area contributed by atoms with E-state index in [4.69, 9.17) is 0 Å². The third kappa shape index (κ3) is 5.19. The van der Waals surface area contributed by atoms with E-state index in [0.29, 0.717) is 17.9 Å². The van der Waals surface area contributed by atoms with Crippen LogP contribution in [0.1, 0.15) is 37.6 Å². The maximum absolute atomic E-state index is 11.8. The number of amides is 1. The van der Waals surface area contributed by atoms with E-state index in [2.05, 4.69) is 21.2 Å². The first-order valence-electron chi connectivity index (χ1n) is 5.55. The van der Waals surface area contributed by atoms with Gasteiger partial charge in [0.15, 0.2) is 0 Å². The highest BCUT2D eigenvalue weighted by Crippen LogP contribution is 2.21. The molecular weight excluding hydrogens is 302 g/mol. The second-order valence-corrected chi connectivity index (χ2v) is 7.21. The van der Waals surface area contributed by atoms with Crippen LogP contribution in [-0.4, -0.2) is 23.2 Å². The molecule has 0 saturated carbocycles. The summed E-state index contributed by atoms with van der Waals surface area (Å²) in [6.45, 7) is 6.12. The molecule has 0 aliphatic carbocycles. The van der Waals surface area contributed by atoms with Crippen LogP contribution in [0.3, 0.4) is 0 Å². The average Bonchev–Trinajstić information content (AvgIpc) is 2.59. The quantitative estimate of drug-likeness (QED) is 0.876. The molecule has 1 heterocycles. The number of rotatable bonds is 5. The van der Waals surface area contributed by atoms with Crippen LogP contribution >= 0.6 is 27.3 Å². The Kier molecular flexibility index (Phi) is 5.16. The van der Waals surface area contributed by atoms with E-state index >= 15 is 0 Å². The fourth-order valence-corrected chi connectivity index (χ4v) is 2.89. The zero-order valence-electron chi connectivity index (χ0n) is 10.3. The minimum absolute atomic E-state index is 0.143. The molecule has 1 atom stereocenters. The number of carbonyl (C=O) groups is 1. The van der Waals surface area contributed by atoms with Crippen molar-refractivity contribution in [3.05, 3.63) is 20.8 Å². The molecule has 1 aromatic heterocycles. The Morgan fingerprint density at radius 3 is 2.76 bits per heavy atom. The summed E-state index contributed by atoms with van der Waals surface area (Å²) in [5.41, 5.74) is -0.223. The Morgan fingerprint density at radius 2 is 2.29 bits per heavy atom. The lowest BCUT2D eigenvalue weighted by Gasteiger charge is -2.25. The Morgan fingerprint density at radius 1 is 1.65 bits per heavy atom. The molecular formula is C12H18BrNO2S. The van der Waals surface area contributed by atoms with E-state index in [1.807, 2.05) is 13.8 Å². The lowest BCUT2D eigenvalue weighted by atomic mass is 9.94. The molecule has 1 unspecified atom stereocenters. The zero-order chi connectivity index (χ0) is 13.1. The van der Waals surface area contributed by atoms with Crippen molar-refractivity contribution < 1.29 is 9.90 Å². The monoisotopic (exact) mass is 319 g/mol. The Labute approximate surface area is 114 Å². The summed E-state index contributed by atoms with van der Waals surface area (Å²) in [7, 11) is 0. The van der Waals surface area contributed by atoms with Gasteiger partial charge in [0.1, 0.15) is 0 Å². The van der Waals surface area contributed by atoms with Gasteiger partial charge in [-0.1, -0.05) is 13.8 Å². The summed E-state index contributed by atoms with van der Waals surface area (Å²) in [6.07, 6.45) is 0.667. The summed E-state index contributed by atoms with van der Waals surface area (Å²) in [4.78, 5) is 11.8. The number of aliphatic hydroxyl groups is 1. The number of nitrogens with one attached hydrogen (secondary N) is 1. The van der Waals surface area contributed by atoms with Crippen molar-refractivity contribution in [2.45, 2.75) is 32.8 Å². The molecule has 1 rings (SSSR count). The first-order chi connectivity index (χ1) is 7.80. The highest BCUT2D eigenvalue weighted by atomic mass is 79.9. The minimum atomic E-state index is -0.850. The van der Waals surface area contributed by atoms with Crippen molar-refractivity contribution >= 4 is 33.2 Å². The summed E-state index contributed by atoms with van der Waals surface area (Å²) < 4.78 is 0.927. The van der Waals surface area contributed by atoms with Crippen LogP contribution in [0.2, 0.25) is 0 Å². The molecule has 0 aromatic carbocycles. The molecule has 1 aromatic rings. The van der Waals surface area contributed by atoms with E-state index in [0.717, 1.165) is 3.79 Å². The van der Waals surface area contributed by atoms with Crippen molar-refractivity contribution in [3.63, 3.8) is 0 Å². The van der Waals surface area contributed by atoms with Crippen LogP contribution in [-0.2, 0) is 0 Å². The van der Waals surface area contributed by atoms with Crippen molar-refractivity contribution in [2.75, 3.05) is 6.54 Å². The van der Waals surface area contributed by atoms with E-state index in [1.54, 1.807) is 18.4 Å². The third-order valence-electron chi connectivity index (χ3n) is 2.31. The molecule has 1 amide bonds. The summed E-state index contributed by atoms with van der Waals surface area (Å²) in [6, 6.07) is 1.77. The third-order valence-corrected chi connectivity index (χ3v) is 3.81. The normalized spacial score (nSPS) is 14.7.